The quantitative estimate of drug-likeness (QED) is 0.626. The summed E-state index contributed by atoms with van der Waals surface area (Å²) in [6.45, 7) is 2.34. The van der Waals surface area contributed by atoms with Crippen LogP contribution >= 0.6 is 46.4 Å². The van der Waals surface area contributed by atoms with Gasteiger partial charge >= 0.3 is 0 Å². The molecule has 0 N–H and O–H groups in total. The lowest BCUT2D eigenvalue weighted by atomic mass is 10.1. The summed E-state index contributed by atoms with van der Waals surface area (Å²) in [7, 11) is -3.80. The molecule has 1 aliphatic rings. The highest BCUT2D eigenvalue weighted by Gasteiger charge is 2.33. The van der Waals surface area contributed by atoms with E-state index in [0.717, 1.165) is 5.56 Å². The van der Waals surface area contributed by atoms with E-state index in [-0.39, 0.29) is 29.6 Å². The van der Waals surface area contributed by atoms with Crippen molar-refractivity contribution >= 4 is 56.4 Å². The van der Waals surface area contributed by atoms with Crippen molar-refractivity contribution in [3.63, 3.8) is 0 Å². The van der Waals surface area contributed by atoms with Crippen molar-refractivity contribution < 1.29 is 13.2 Å². The van der Waals surface area contributed by atoms with Gasteiger partial charge in [-0.25, -0.2) is 8.42 Å². The third-order valence-corrected chi connectivity index (χ3v) is 7.29. The van der Waals surface area contributed by atoms with Crippen LogP contribution in [0.1, 0.15) is 17.2 Å². The normalized spacial score (nSPS) is 18.9. The van der Waals surface area contributed by atoms with Crippen molar-refractivity contribution in [3.05, 3.63) is 61.5 Å². The van der Waals surface area contributed by atoms with Crippen LogP contribution in [0.5, 0.6) is 0 Å². The molecule has 2 aromatic carbocycles. The van der Waals surface area contributed by atoms with Gasteiger partial charge in [-0.1, -0.05) is 46.4 Å². The molecular formula is C17H15Cl4NO3S. The Morgan fingerprint density at radius 2 is 1.65 bits per heavy atom. The first kappa shape index (κ1) is 20.2. The lowest BCUT2D eigenvalue weighted by molar-refractivity contribution is -0.00254. The average Bonchev–Trinajstić information content (AvgIpc) is 2.57. The number of hydrogen-bond donors (Lipinski definition) is 0. The number of rotatable bonds is 3. The molecule has 1 atom stereocenters. The Bertz CT molecular complexity index is 929. The van der Waals surface area contributed by atoms with Crippen LogP contribution in [-0.4, -0.2) is 32.4 Å². The molecule has 0 amide bonds. The number of sulfonamides is 1. The number of ether oxygens (including phenoxy) is 1. The fraction of sp³-hybridized carbons (Fsp3) is 0.294. The van der Waals surface area contributed by atoms with Gasteiger partial charge in [0, 0.05) is 28.2 Å². The van der Waals surface area contributed by atoms with E-state index in [1.807, 2.05) is 0 Å². The lowest BCUT2D eigenvalue weighted by Crippen LogP contribution is -2.42. The minimum atomic E-state index is -3.80. The predicted molar refractivity (Wildman–Crippen MR) is 105 cm³/mol. The molecule has 0 bridgehead atoms. The van der Waals surface area contributed by atoms with Gasteiger partial charge in [0.25, 0.3) is 0 Å². The molecule has 0 aromatic heterocycles. The van der Waals surface area contributed by atoms with E-state index in [9.17, 15) is 8.42 Å². The first-order chi connectivity index (χ1) is 12.2. The Labute approximate surface area is 172 Å². The molecule has 4 nitrogen and oxygen atoms in total. The minimum absolute atomic E-state index is 0.0332. The van der Waals surface area contributed by atoms with Gasteiger partial charge in [-0.3, -0.25) is 0 Å². The summed E-state index contributed by atoms with van der Waals surface area (Å²) in [5.74, 6) is 0. The fourth-order valence-electron chi connectivity index (χ4n) is 2.77. The average molecular weight is 455 g/mol. The maximum atomic E-state index is 13.1. The molecule has 2 aromatic rings. The van der Waals surface area contributed by atoms with Crippen LogP contribution in [0.2, 0.25) is 20.1 Å². The van der Waals surface area contributed by atoms with Gasteiger partial charge in [0.2, 0.25) is 10.0 Å². The molecule has 140 valence electrons. The molecule has 0 radical (unpaired) electrons. The summed E-state index contributed by atoms with van der Waals surface area (Å²) in [6, 6.07) is 7.97. The second-order valence-corrected chi connectivity index (χ2v) is 9.55. The molecule has 0 aliphatic carbocycles. The maximum Gasteiger partial charge on any atom is 0.244 e. The van der Waals surface area contributed by atoms with Crippen molar-refractivity contribution in [1.29, 1.82) is 0 Å². The number of aryl methyl sites for hydroxylation is 1. The van der Waals surface area contributed by atoms with E-state index >= 15 is 0 Å². The first-order valence-corrected chi connectivity index (χ1v) is 10.7. The Morgan fingerprint density at radius 1 is 1.00 bits per heavy atom. The molecule has 9 heteroatoms. The predicted octanol–water partition coefficient (Wildman–Crippen LogP) is 5.37. The molecular weight excluding hydrogens is 440 g/mol. The number of halogens is 4. The van der Waals surface area contributed by atoms with Gasteiger partial charge < -0.3 is 4.74 Å². The van der Waals surface area contributed by atoms with Crippen molar-refractivity contribution in [1.82, 2.24) is 4.31 Å². The molecule has 1 heterocycles. The molecule has 3 rings (SSSR count). The summed E-state index contributed by atoms with van der Waals surface area (Å²) in [5, 5.41) is 1.44. The molecule has 1 fully saturated rings. The highest BCUT2D eigenvalue weighted by molar-refractivity contribution is 7.89. The zero-order valence-corrected chi connectivity index (χ0v) is 17.5. The third-order valence-electron chi connectivity index (χ3n) is 4.12. The van der Waals surface area contributed by atoms with Gasteiger partial charge in [0.15, 0.2) is 0 Å². The zero-order chi connectivity index (χ0) is 19.1. The third kappa shape index (κ3) is 4.14. The molecule has 1 aliphatic heterocycles. The van der Waals surface area contributed by atoms with Gasteiger partial charge in [-0.05, 0) is 48.4 Å². The largest absolute Gasteiger partial charge is 0.371 e. The van der Waals surface area contributed by atoms with Crippen LogP contribution in [0.25, 0.3) is 0 Å². The molecule has 0 saturated carbocycles. The fourth-order valence-corrected chi connectivity index (χ4v) is 5.55. The Balaban J connectivity index is 1.92. The summed E-state index contributed by atoms with van der Waals surface area (Å²) < 4.78 is 33.2. The van der Waals surface area contributed by atoms with E-state index in [1.54, 1.807) is 25.1 Å². The molecule has 0 spiro atoms. The van der Waals surface area contributed by atoms with E-state index in [0.29, 0.717) is 20.6 Å². The maximum absolute atomic E-state index is 13.1. The smallest absolute Gasteiger partial charge is 0.244 e. The summed E-state index contributed by atoms with van der Waals surface area (Å²) in [4.78, 5) is 0.0332. The Morgan fingerprint density at radius 3 is 2.31 bits per heavy atom. The molecule has 26 heavy (non-hydrogen) atoms. The second kappa shape index (κ2) is 7.84. The Kier molecular flexibility index (Phi) is 6.09. The van der Waals surface area contributed by atoms with Gasteiger partial charge in [-0.15, -0.1) is 0 Å². The summed E-state index contributed by atoms with van der Waals surface area (Å²) in [6.07, 6.45) is -0.470. The van der Waals surface area contributed by atoms with Gasteiger partial charge in [0.1, 0.15) is 4.90 Å². The monoisotopic (exact) mass is 453 g/mol. The number of hydrogen-bond acceptors (Lipinski definition) is 3. The SMILES string of the molecule is Cc1cc(S(=O)(=O)N2CCOC(c3cc(Cl)cc(Cl)c3)C2)c(Cl)cc1Cl. The second-order valence-electron chi connectivity index (χ2n) is 5.96. The molecule has 1 unspecified atom stereocenters. The van der Waals surface area contributed by atoms with Crippen LogP contribution in [0.15, 0.2) is 35.2 Å². The number of morpholine rings is 1. The summed E-state index contributed by atoms with van der Waals surface area (Å²) in [5.41, 5.74) is 1.36. The van der Waals surface area contributed by atoms with E-state index in [2.05, 4.69) is 0 Å². The summed E-state index contributed by atoms with van der Waals surface area (Å²) >= 11 is 24.2. The van der Waals surface area contributed by atoms with Crippen LogP contribution < -0.4 is 0 Å². The van der Waals surface area contributed by atoms with Crippen LogP contribution in [0, 0.1) is 6.92 Å². The van der Waals surface area contributed by atoms with Gasteiger partial charge in [-0.2, -0.15) is 4.31 Å². The zero-order valence-electron chi connectivity index (χ0n) is 13.7. The highest BCUT2D eigenvalue weighted by Crippen LogP contribution is 2.33. The minimum Gasteiger partial charge on any atom is -0.371 e. The number of benzene rings is 2. The Hall–Kier alpha value is -0.530. The van der Waals surface area contributed by atoms with Crippen molar-refractivity contribution in [3.8, 4) is 0 Å². The van der Waals surface area contributed by atoms with Crippen LogP contribution in [-0.2, 0) is 14.8 Å². The van der Waals surface area contributed by atoms with Crippen molar-refractivity contribution in [2.75, 3.05) is 19.7 Å². The lowest BCUT2D eigenvalue weighted by Gasteiger charge is -2.32. The topological polar surface area (TPSA) is 46.6 Å². The van der Waals surface area contributed by atoms with E-state index in [1.165, 1.54) is 16.4 Å². The van der Waals surface area contributed by atoms with Crippen molar-refractivity contribution in [2.24, 2.45) is 0 Å². The van der Waals surface area contributed by atoms with Gasteiger partial charge in [0.05, 0.1) is 17.7 Å². The molecule has 1 saturated heterocycles. The first-order valence-electron chi connectivity index (χ1n) is 7.72. The van der Waals surface area contributed by atoms with Crippen molar-refractivity contribution in [2.45, 2.75) is 17.9 Å². The standard InChI is InChI=1S/C17H15Cl4NO3S/c1-10-4-17(15(21)8-14(10)20)26(23,24)22-2-3-25-16(9-22)11-5-12(18)7-13(19)6-11/h4-8,16H,2-3,9H2,1H3. The highest BCUT2D eigenvalue weighted by atomic mass is 35.5. The van der Waals surface area contributed by atoms with Crippen LogP contribution in [0.4, 0.5) is 0 Å². The van der Waals surface area contributed by atoms with E-state index in [4.69, 9.17) is 51.1 Å². The van der Waals surface area contributed by atoms with Crippen LogP contribution in [0.3, 0.4) is 0 Å². The number of nitrogens with zero attached hydrogens (tertiary/aromatic N) is 1. The van der Waals surface area contributed by atoms with E-state index < -0.39 is 16.1 Å².